The number of ether oxygens (including phenoxy) is 1. The van der Waals surface area contributed by atoms with Crippen LogP contribution in [0.5, 0.6) is 5.75 Å². The number of nitrogens with two attached hydrogens (primary N) is 1. The number of rotatable bonds is 4. The highest BCUT2D eigenvalue weighted by molar-refractivity contribution is 7.84. The van der Waals surface area contributed by atoms with Crippen LogP contribution in [0.25, 0.3) is 0 Å². The Hall–Kier alpha value is -1.88. The van der Waals surface area contributed by atoms with Gasteiger partial charge in [0.1, 0.15) is 11.6 Å². The number of nitrogen functional groups attached to an aromatic ring is 1. The molecule has 0 aliphatic rings. The molecular weight excluding hydrogens is 277 g/mol. The van der Waals surface area contributed by atoms with Crippen molar-refractivity contribution in [3.8, 4) is 5.75 Å². The van der Waals surface area contributed by atoms with Crippen LogP contribution in [0, 0.1) is 12.7 Å². The lowest BCUT2D eigenvalue weighted by molar-refractivity contribution is 0.411. The maximum absolute atomic E-state index is 13.3. The van der Waals surface area contributed by atoms with E-state index >= 15 is 0 Å². The van der Waals surface area contributed by atoms with Crippen LogP contribution in [0.15, 0.2) is 41.3 Å². The Labute approximate surface area is 120 Å². The SMILES string of the molecule is COc1ccc(C)cc1CS(=O)c1cc(N)cc(F)c1. The fraction of sp³-hybridized carbons (Fsp3) is 0.200. The maximum Gasteiger partial charge on any atom is 0.126 e. The van der Waals surface area contributed by atoms with Gasteiger partial charge in [0.2, 0.25) is 0 Å². The normalized spacial score (nSPS) is 12.2. The number of halogens is 1. The lowest BCUT2D eigenvalue weighted by Crippen LogP contribution is -2.01. The minimum Gasteiger partial charge on any atom is -0.496 e. The third-order valence-electron chi connectivity index (χ3n) is 2.88. The second kappa shape index (κ2) is 6.05. The summed E-state index contributed by atoms with van der Waals surface area (Å²) >= 11 is 0. The van der Waals surface area contributed by atoms with Crippen molar-refractivity contribution in [2.45, 2.75) is 17.6 Å². The Bertz CT molecular complexity index is 638. The lowest BCUT2D eigenvalue weighted by Gasteiger charge is -2.10. The highest BCUT2D eigenvalue weighted by atomic mass is 32.2. The zero-order valence-electron chi connectivity index (χ0n) is 11.4. The highest BCUT2D eigenvalue weighted by Crippen LogP contribution is 2.24. The van der Waals surface area contributed by atoms with Gasteiger partial charge < -0.3 is 10.5 Å². The van der Waals surface area contributed by atoms with Gasteiger partial charge in [0.15, 0.2) is 0 Å². The molecule has 20 heavy (non-hydrogen) atoms. The van der Waals surface area contributed by atoms with Gasteiger partial charge in [-0.3, -0.25) is 4.21 Å². The summed E-state index contributed by atoms with van der Waals surface area (Å²) in [6, 6.07) is 9.65. The summed E-state index contributed by atoms with van der Waals surface area (Å²) in [4.78, 5) is 0.381. The molecule has 0 saturated heterocycles. The first-order valence-corrected chi connectivity index (χ1v) is 7.39. The Morgan fingerprint density at radius 1 is 1.25 bits per heavy atom. The van der Waals surface area contributed by atoms with Crippen molar-refractivity contribution in [2.24, 2.45) is 0 Å². The molecule has 106 valence electrons. The monoisotopic (exact) mass is 293 g/mol. The molecule has 1 atom stereocenters. The Balaban J connectivity index is 2.29. The number of methoxy groups -OCH3 is 1. The van der Waals surface area contributed by atoms with E-state index in [0.29, 0.717) is 10.6 Å². The highest BCUT2D eigenvalue weighted by Gasteiger charge is 2.11. The van der Waals surface area contributed by atoms with Gasteiger partial charge in [-0.1, -0.05) is 17.7 Å². The fourth-order valence-corrected chi connectivity index (χ4v) is 3.15. The first-order chi connectivity index (χ1) is 9.49. The number of hydrogen-bond acceptors (Lipinski definition) is 3. The molecule has 2 N–H and O–H groups in total. The van der Waals surface area contributed by atoms with E-state index in [4.69, 9.17) is 10.5 Å². The van der Waals surface area contributed by atoms with E-state index in [9.17, 15) is 8.60 Å². The van der Waals surface area contributed by atoms with Crippen LogP contribution in [0.4, 0.5) is 10.1 Å². The quantitative estimate of drug-likeness (QED) is 0.882. The van der Waals surface area contributed by atoms with Gasteiger partial charge in [0.25, 0.3) is 0 Å². The molecule has 0 bridgehead atoms. The van der Waals surface area contributed by atoms with Crippen molar-refractivity contribution in [1.82, 2.24) is 0 Å². The second-order valence-corrected chi connectivity index (χ2v) is 5.98. The predicted molar refractivity (Wildman–Crippen MR) is 78.7 cm³/mol. The molecule has 5 heteroatoms. The first kappa shape index (κ1) is 14.5. The van der Waals surface area contributed by atoms with Crippen molar-refractivity contribution in [3.63, 3.8) is 0 Å². The molecule has 0 aliphatic carbocycles. The molecule has 3 nitrogen and oxygen atoms in total. The molecule has 0 spiro atoms. The molecule has 1 unspecified atom stereocenters. The summed E-state index contributed by atoms with van der Waals surface area (Å²) in [5.74, 6) is 0.450. The molecule has 0 aromatic heterocycles. The number of aryl methyl sites for hydroxylation is 1. The van der Waals surface area contributed by atoms with Crippen LogP contribution in [-0.2, 0) is 16.6 Å². The molecule has 0 aliphatic heterocycles. The van der Waals surface area contributed by atoms with Crippen LogP contribution < -0.4 is 10.5 Å². The summed E-state index contributed by atoms with van der Waals surface area (Å²) in [5, 5.41) is 0. The zero-order valence-corrected chi connectivity index (χ0v) is 12.2. The molecular formula is C15H16FNO2S. The third-order valence-corrected chi connectivity index (χ3v) is 4.21. The van der Waals surface area contributed by atoms with Crippen molar-refractivity contribution in [2.75, 3.05) is 12.8 Å². The van der Waals surface area contributed by atoms with Gasteiger partial charge in [-0.15, -0.1) is 0 Å². The van der Waals surface area contributed by atoms with Gasteiger partial charge in [0.05, 0.1) is 23.7 Å². The summed E-state index contributed by atoms with van der Waals surface area (Å²) in [6.45, 7) is 1.95. The fourth-order valence-electron chi connectivity index (χ4n) is 1.96. The van der Waals surface area contributed by atoms with Crippen molar-refractivity contribution >= 4 is 16.5 Å². The minimum absolute atomic E-state index is 0.258. The van der Waals surface area contributed by atoms with Crippen LogP contribution in [0.2, 0.25) is 0 Å². The van der Waals surface area contributed by atoms with E-state index in [1.807, 2.05) is 25.1 Å². The molecule has 0 fully saturated rings. The summed E-state index contributed by atoms with van der Waals surface area (Å²) in [7, 11) is 0.192. The number of anilines is 1. The van der Waals surface area contributed by atoms with E-state index in [-0.39, 0.29) is 11.4 Å². The Morgan fingerprint density at radius 2 is 2.00 bits per heavy atom. The van der Waals surface area contributed by atoms with Crippen molar-refractivity contribution in [1.29, 1.82) is 0 Å². The minimum atomic E-state index is -1.38. The summed E-state index contributed by atoms with van der Waals surface area (Å²) in [5.41, 5.74) is 7.72. The average Bonchev–Trinajstić information content (AvgIpc) is 2.37. The summed E-state index contributed by atoms with van der Waals surface area (Å²) < 4.78 is 30.9. The summed E-state index contributed by atoms with van der Waals surface area (Å²) in [6.07, 6.45) is 0. The smallest absolute Gasteiger partial charge is 0.126 e. The lowest BCUT2D eigenvalue weighted by atomic mass is 10.1. The Kier molecular flexibility index (Phi) is 4.39. The van der Waals surface area contributed by atoms with Crippen LogP contribution in [0.1, 0.15) is 11.1 Å². The maximum atomic E-state index is 13.3. The first-order valence-electron chi connectivity index (χ1n) is 6.07. The standard InChI is InChI=1S/C15H16FNO2S/c1-10-3-4-15(19-2)11(5-10)9-20(18)14-7-12(16)6-13(17)8-14/h3-8H,9,17H2,1-2H3. The molecule has 0 saturated carbocycles. The number of benzene rings is 2. The topological polar surface area (TPSA) is 52.3 Å². The molecule has 0 amide bonds. The van der Waals surface area contributed by atoms with Gasteiger partial charge >= 0.3 is 0 Å². The number of hydrogen-bond donors (Lipinski definition) is 1. The largest absolute Gasteiger partial charge is 0.496 e. The van der Waals surface area contributed by atoms with Gasteiger partial charge in [-0.05, 0) is 31.2 Å². The third kappa shape index (κ3) is 3.36. The van der Waals surface area contributed by atoms with E-state index in [2.05, 4.69) is 0 Å². The van der Waals surface area contributed by atoms with Crippen molar-refractivity contribution in [3.05, 3.63) is 53.3 Å². The molecule has 0 radical (unpaired) electrons. The Morgan fingerprint density at radius 3 is 2.65 bits per heavy atom. The second-order valence-electron chi connectivity index (χ2n) is 4.53. The average molecular weight is 293 g/mol. The molecule has 2 aromatic rings. The van der Waals surface area contributed by atoms with Crippen LogP contribution >= 0.6 is 0 Å². The van der Waals surface area contributed by atoms with E-state index in [1.54, 1.807) is 7.11 Å². The zero-order chi connectivity index (χ0) is 14.7. The predicted octanol–water partition coefficient (Wildman–Crippen LogP) is 3.03. The molecule has 2 aromatic carbocycles. The molecule has 0 heterocycles. The van der Waals surface area contributed by atoms with E-state index < -0.39 is 16.6 Å². The van der Waals surface area contributed by atoms with Crippen LogP contribution in [-0.4, -0.2) is 11.3 Å². The van der Waals surface area contributed by atoms with Gasteiger partial charge in [-0.25, -0.2) is 4.39 Å². The van der Waals surface area contributed by atoms with Crippen molar-refractivity contribution < 1.29 is 13.3 Å². The van der Waals surface area contributed by atoms with Gasteiger partial charge in [0, 0.05) is 16.1 Å². The van der Waals surface area contributed by atoms with E-state index in [0.717, 1.165) is 11.1 Å². The van der Waals surface area contributed by atoms with Crippen LogP contribution in [0.3, 0.4) is 0 Å². The van der Waals surface area contributed by atoms with E-state index in [1.165, 1.54) is 18.2 Å². The van der Waals surface area contributed by atoms with Gasteiger partial charge in [-0.2, -0.15) is 0 Å². The molecule has 2 rings (SSSR count).